The first-order valence-electron chi connectivity index (χ1n) is 7.60. The van der Waals surface area contributed by atoms with Crippen molar-refractivity contribution in [2.75, 3.05) is 18.4 Å². The van der Waals surface area contributed by atoms with Gasteiger partial charge in [-0.05, 0) is 30.8 Å². The number of amides is 1. The molecule has 3 rings (SSSR count). The monoisotopic (exact) mass is 330 g/mol. The number of nitriles is 1. The van der Waals surface area contributed by atoms with Gasteiger partial charge in [0.1, 0.15) is 23.7 Å². The van der Waals surface area contributed by atoms with Gasteiger partial charge >= 0.3 is 0 Å². The van der Waals surface area contributed by atoms with Gasteiger partial charge in [-0.1, -0.05) is 0 Å². The maximum atomic E-state index is 12.1. The molecule has 2 aromatic heterocycles. The van der Waals surface area contributed by atoms with Crippen LogP contribution in [0, 0.1) is 11.3 Å². The third kappa shape index (κ3) is 3.94. The second-order valence-electron chi connectivity index (χ2n) is 5.52. The third-order valence-corrected chi connectivity index (χ3v) is 4.86. The maximum Gasteiger partial charge on any atom is 0.226 e. The lowest BCUT2D eigenvalue weighted by Crippen LogP contribution is -2.35. The highest BCUT2D eigenvalue weighted by Gasteiger charge is 2.25. The summed E-state index contributed by atoms with van der Waals surface area (Å²) in [6, 6.07) is 4.20. The Morgan fingerprint density at radius 1 is 1.57 bits per heavy atom. The van der Waals surface area contributed by atoms with Gasteiger partial charge in [0.2, 0.25) is 5.91 Å². The fraction of sp³-hybridized carbons (Fsp3) is 0.467. The number of carbonyl (C=O) groups is 1. The van der Waals surface area contributed by atoms with Crippen LogP contribution in [0.25, 0.3) is 0 Å². The quantitative estimate of drug-likeness (QED) is 0.871. The molecule has 1 amide bonds. The molecule has 8 heteroatoms. The molecule has 0 spiro atoms. The Morgan fingerprint density at radius 2 is 2.48 bits per heavy atom. The van der Waals surface area contributed by atoms with Crippen molar-refractivity contribution in [1.82, 2.24) is 19.7 Å². The molecule has 1 aliphatic heterocycles. The van der Waals surface area contributed by atoms with Gasteiger partial charge in [0, 0.05) is 19.0 Å². The van der Waals surface area contributed by atoms with Crippen LogP contribution in [0.15, 0.2) is 24.1 Å². The minimum absolute atomic E-state index is 0.0460. The third-order valence-electron chi connectivity index (χ3n) is 4.03. The number of thiophene rings is 1. The average Bonchev–Trinajstić information content (AvgIpc) is 3.28. The molecule has 1 atom stereocenters. The molecule has 0 saturated carbocycles. The Kier molecular flexibility index (Phi) is 5.00. The molecular formula is C15H18N6OS. The van der Waals surface area contributed by atoms with Crippen LogP contribution < -0.4 is 5.32 Å². The summed E-state index contributed by atoms with van der Waals surface area (Å²) < 4.78 is 1.84. The molecule has 0 aromatic carbocycles. The molecule has 1 fully saturated rings. The zero-order valence-electron chi connectivity index (χ0n) is 12.7. The Hall–Kier alpha value is -2.24. The number of hydrogen-bond acceptors (Lipinski definition) is 6. The SMILES string of the molecule is N#Cc1ccsc1NC(=O)CCN1CCCC1Cn1cncn1. The van der Waals surface area contributed by atoms with Crippen LogP contribution in [-0.2, 0) is 11.3 Å². The van der Waals surface area contributed by atoms with Crippen LogP contribution in [0.1, 0.15) is 24.8 Å². The lowest BCUT2D eigenvalue weighted by atomic mass is 10.2. The van der Waals surface area contributed by atoms with Crippen LogP contribution in [0.2, 0.25) is 0 Å². The molecular weight excluding hydrogens is 312 g/mol. The van der Waals surface area contributed by atoms with Crippen molar-refractivity contribution in [3.05, 3.63) is 29.7 Å². The molecule has 0 aliphatic carbocycles. The van der Waals surface area contributed by atoms with E-state index in [0.717, 1.165) is 32.5 Å². The number of anilines is 1. The molecule has 2 aromatic rings. The molecule has 1 aliphatic rings. The number of carbonyl (C=O) groups excluding carboxylic acids is 1. The molecule has 7 nitrogen and oxygen atoms in total. The number of rotatable bonds is 6. The van der Waals surface area contributed by atoms with E-state index in [1.54, 1.807) is 18.7 Å². The van der Waals surface area contributed by atoms with E-state index in [4.69, 9.17) is 5.26 Å². The predicted molar refractivity (Wildman–Crippen MR) is 86.9 cm³/mol. The zero-order chi connectivity index (χ0) is 16.1. The number of nitrogens with one attached hydrogen (secondary N) is 1. The van der Waals surface area contributed by atoms with E-state index in [0.29, 0.717) is 23.0 Å². The van der Waals surface area contributed by atoms with Gasteiger partial charge in [-0.15, -0.1) is 11.3 Å². The zero-order valence-corrected chi connectivity index (χ0v) is 13.5. The van der Waals surface area contributed by atoms with Crippen molar-refractivity contribution < 1.29 is 4.79 Å². The molecule has 1 saturated heterocycles. The molecule has 1 N–H and O–H groups in total. The van der Waals surface area contributed by atoms with Gasteiger partial charge in [-0.3, -0.25) is 14.4 Å². The average molecular weight is 330 g/mol. The van der Waals surface area contributed by atoms with Crippen molar-refractivity contribution in [2.45, 2.75) is 31.8 Å². The van der Waals surface area contributed by atoms with Gasteiger partial charge in [-0.25, -0.2) is 4.98 Å². The maximum absolute atomic E-state index is 12.1. The summed E-state index contributed by atoms with van der Waals surface area (Å²) in [7, 11) is 0. The topological polar surface area (TPSA) is 86.8 Å². The number of aromatic nitrogens is 3. The van der Waals surface area contributed by atoms with Crippen molar-refractivity contribution in [2.24, 2.45) is 0 Å². The molecule has 0 radical (unpaired) electrons. The standard InChI is InChI=1S/C15H18N6OS/c16-8-12-4-7-23-15(12)19-14(22)3-6-20-5-1-2-13(20)9-21-11-17-10-18-21/h4,7,10-11,13H,1-3,5-6,9H2,(H,19,22). The lowest BCUT2D eigenvalue weighted by Gasteiger charge is -2.23. The van der Waals surface area contributed by atoms with Crippen molar-refractivity contribution in [3.8, 4) is 6.07 Å². The Morgan fingerprint density at radius 3 is 3.26 bits per heavy atom. The number of hydrogen-bond donors (Lipinski definition) is 1. The highest BCUT2D eigenvalue weighted by atomic mass is 32.1. The van der Waals surface area contributed by atoms with Gasteiger partial charge in [-0.2, -0.15) is 10.4 Å². The first-order chi connectivity index (χ1) is 11.3. The summed E-state index contributed by atoms with van der Waals surface area (Å²) in [5.41, 5.74) is 0.522. The van der Waals surface area contributed by atoms with Crippen molar-refractivity contribution in [3.63, 3.8) is 0 Å². The van der Waals surface area contributed by atoms with Crippen LogP contribution in [0.3, 0.4) is 0 Å². The van der Waals surface area contributed by atoms with Crippen LogP contribution >= 0.6 is 11.3 Å². The molecule has 120 valence electrons. The number of likely N-dealkylation sites (tertiary alicyclic amines) is 1. The minimum atomic E-state index is -0.0460. The molecule has 1 unspecified atom stereocenters. The van der Waals surface area contributed by atoms with Crippen LogP contribution in [0.4, 0.5) is 5.00 Å². The van der Waals surface area contributed by atoms with E-state index in [1.165, 1.54) is 11.3 Å². The summed E-state index contributed by atoms with van der Waals surface area (Å²) in [5.74, 6) is -0.0460. The van der Waals surface area contributed by atoms with E-state index < -0.39 is 0 Å². The normalized spacial score (nSPS) is 18.0. The summed E-state index contributed by atoms with van der Waals surface area (Å²) in [5, 5.41) is 18.4. The van der Waals surface area contributed by atoms with Gasteiger partial charge < -0.3 is 5.32 Å². The Balaban J connectivity index is 1.49. The van der Waals surface area contributed by atoms with Crippen molar-refractivity contribution >= 4 is 22.2 Å². The minimum Gasteiger partial charge on any atom is -0.317 e. The second kappa shape index (κ2) is 7.35. The number of nitrogens with zero attached hydrogens (tertiary/aromatic N) is 5. The summed E-state index contributed by atoms with van der Waals surface area (Å²) in [6.45, 7) is 2.54. The van der Waals surface area contributed by atoms with Crippen LogP contribution in [-0.4, -0.2) is 44.7 Å². The first-order valence-corrected chi connectivity index (χ1v) is 8.48. The van der Waals surface area contributed by atoms with Gasteiger partial charge in [0.15, 0.2) is 0 Å². The summed E-state index contributed by atoms with van der Waals surface area (Å²) >= 11 is 1.38. The fourth-order valence-electron chi connectivity index (χ4n) is 2.87. The van der Waals surface area contributed by atoms with E-state index in [9.17, 15) is 4.79 Å². The molecule has 23 heavy (non-hydrogen) atoms. The molecule has 3 heterocycles. The fourth-order valence-corrected chi connectivity index (χ4v) is 3.62. The predicted octanol–water partition coefficient (Wildman–Crippen LogP) is 1.70. The van der Waals surface area contributed by atoms with Crippen LogP contribution in [0.5, 0.6) is 0 Å². The second-order valence-corrected chi connectivity index (χ2v) is 6.44. The molecule has 0 bridgehead atoms. The smallest absolute Gasteiger partial charge is 0.226 e. The Labute approximate surface area is 138 Å². The van der Waals surface area contributed by atoms with E-state index in [-0.39, 0.29) is 5.91 Å². The summed E-state index contributed by atoms with van der Waals surface area (Å²) in [6.07, 6.45) is 5.95. The first kappa shape index (κ1) is 15.6. The highest BCUT2D eigenvalue weighted by Crippen LogP contribution is 2.23. The highest BCUT2D eigenvalue weighted by molar-refractivity contribution is 7.14. The van der Waals surface area contributed by atoms with Crippen molar-refractivity contribution in [1.29, 1.82) is 5.26 Å². The summed E-state index contributed by atoms with van der Waals surface area (Å²) in [4.78, 5) is 18.4. The van der Waals surface area contributed by atoms with E-state index in [1.807, 2.05) is 10.1 Å². The van der Waals surface area contributed by atoms with Gasteiger partial charge in [0.25, 0.3) is 0 Å². The lowest BCUT2D eigenvalue weighted by molar-refractivity contribution is -0.116. The Bertz CT molecular complexity index is 689. The van der Waals surface area contributed by atoms with E-state index >= 15 is 0 Å². The van der Waals surface area contributed by atoms with Gasteiger partial charge in [0.05, 0.1) is 12.1 Å². The van der Waals surface area contributed by atoms with E-state index in [2.05, 4.69) is 26.4 Å². The largest absolute Gasteiger partial charge is 0.317 e.